The molecule has 0 radical (unpaired) electrons. The van der Waals surface area contributed by atoms with E-state index < -0.39 is 10.0 Å². The van der Waals surface area contributed by atoms with Crippen molar-refractivity contribution in [3.8, 4) is 0 Å². The molecule has 2 aromatic rings. The maximum atomic E-state index is 12.2. The van der Waals surface area contributed by atoms with Crippen molar-refractivity contribution in [2.24, 2.45) is 0 Å². The zero-order valence-electron chi connectivity index (χ0n) is 10.3. The summed E-state index contributed by atoms with van der Waals surface area (Å²) in [7, 11) is -2.07. The summed E-state index contributed by atoms with van der Waals surface area (Å²) >= 11 is 0. The van der Waals surface area contributed by atoms with Crippen molar-refractivity contribution in [3.05, 3.63) is 29.4 Å². The topological polar surface area (TPSA) is 92.1 Å². The lowest BCUT2D eigenvalue weighted by molar-refractivity contribution is 0.378. The summed E-state index contributed by atoms with van der Waals surface area (Å²) < 4.78 is 30.6. The Balaban J connectivity index is 2.23. The van der Waals surface area contributed by atoms with Gasteiger partial charge < -0.3 is 4.52 Å². The molecule has 2 aromatic heterocycles. The molecule has 0 aromatic carbocycles. The van der Waals surface area contributed by atoms with Crippen molar-refractivity contribution in [1.82, 2.24) is 19.7 Å². The van der Waals surface area contributed by atoms with Gasteiger partial charge in [-0.05, 0) is 13.8 Å². The Hall–Kier alpha value is -1.67. The van der Waals surface area contributed by atoms with Gasteiger partial charge in [-0.2, -0.15) is 9.40 Å². The van der Waals surface area contributed by atoms with Crippen LogP contribution in [0.25, 0.3) is 0 Å². The molecule has 0 saturated carbocycles. The van der Waals surface area contributed by atoms with Crippen LogP contribution in [-0.4, -0.2) is 35.1 Å². The molecular formula is C10H14N4O3S. The van der Waals surface area contributed by atoms with Gasteiger partial charge in [-0.15, -0.1) is 0 Å². The van der Waals surface area contributed by atoms with Crippen molar-refractivity contribution in [2.45, 2.75) is 25.3 Å². The van der Waals surface area contributed by atoms with Crippen LogP contribution in [0.3, 0.4) is 0 Å². The maximum absolute atomic E-state index is 12.2. The molecule has 8 heteroatoms. The van der Waals surface area contributed by atoms with Crippen molar-refractivity contribution >= 4 is 10.0 Å². The van der Waals surface area contributed by atoms with Crippen LogP contribution in [-0.2, 0) is 16.6 Å². The van der Waals surface area contributed by atoms with E-state index in [1.54, 1.807) is 19.9 Å². The van der Waals surface area contributed by atoms with E-state index in [1.165, 1.54) is 17.5 Å². The van der Waals surface area contributed by atoms with E-state index in [0.29, 0.717) is 17.1 Å². The Kier molecular flexibility index (Phi) is 3.22. The first-order valence-corrected chi connectivity index (χ1v) is 6.74. The van der Waals surface area contributed by atoms with Crippen molar-refractivity contribution < 1.29 is 12.9 Å². The van der Waals surface area contributed by atoms with Crippen LogP contribution >= 0.6 is 0 Å². The second-order valence-electron chi connectivity index (χ2n) is 4.05. The normalized spacial score (nSPS) is 12.2. The Labute approximate surface area is 105 Å². The highest BCUT2D eigenvalue weighted by Gasteiger charge is 2.25. The van der Waals surface area contributed by atoms with Crippen LogP contribution in [0.2, 0.25) is 0 Å². The molecule has 0 aliphatic rings. The number of nitrogens with one attached hydrogen (secondary N) is 1. The van der Waals surface area contributed by atoms with E-state index in [0.717, 1.165) is 0 Å². The Morgan fingerprint density at radius 2 is 2.17 bits per heavy atom. The molecule has 0 amide bonds. The molecule has 0 aliphatic carbocycles. The molecular weight excluding hydrogens is 256 g/mol. The van der Waals surface area contributed by atoms with Gasteiger partial charge in [-0.25, -0.2) is 8.42 Å². The van der Waals surface area contributed by atoms with Gasteiger partial charge in [0.25, 0.3) is 0 Å². The number of rotatable bonds is 4. The first-order valence-electron chi connectivity index (χ1n) is 5.30. The van der Waals surface area contributed by atoms with Crippen LogP contribution in [0.4, 0.5) is 0 Å². The quantitative estimate of drug-likeness (QED) is 0.888. The van der Waals surface area contributed by atoms with Gasteiger partial charge in [0.1, 0.15) is 10.7 Å². The molecule has 7 nitrogen and oxygen atoms in total. The second kappa shape index (κ2) is 4.54. The van der Waals surface area contributed by atoms with Crippen LogP contribution < -0.4 is 0 Å². The van der Waals surface area contributed by atoms with Gasteiger partial charge in [-0.3, -0.25) is 5.10 Å². The summed E-state index contributed by atoms with van der Waals surface area (Å²) in [5.74, 6) is 0.648. The molecule has 2 heterocycles. The number of H-pyrrole nitrogens is 1. The molecule has 0 aliphatic heterocycles. The van der Waals surface area contributed by atoms with E-state index in [2.05, 4.69) is 15.4 Å². The fourth-order valence-electron chi connectivity index (χ4n) is 1.57. The summed E-state index contributed by atoms with van der Waals surface area (Å²) in [6.07, 6.45) is 1.30. The van der Waals surface area contributed by atoms with Gasteiger partial charge in [0.05, 0.1) is 24.1 Å². The number of aromatic amines is 1. The van der Waals surface area contributed by atoms with Gasteiger partial charge >= 0.3 is 0 Å². The van der Waals surface area contributed by atoms with E-state index in [1.807, 2.05) is 0 Å². The lowest BCUT2D eigenvalue weighted by Gasteiger charge is -2.14. The van der Waals surface area contributed by atoms with Gasteiger partial charge in [0.15, 0.2) is 0 Å². The summed E-state index contributed by atoms with van der Waals surface area (Å²) in [6.45, 7) is 3.57. The fourth-order valence-corrected chi connectivity index (χ4v) is 2.83. The zero-order valence-corrected chi connectivity index (χ0v) is 11.2. The zero-order chi connectivity index (χ0) is 13.3. The van der Waals surface area contributed by atoms with Crippen LogP contribution in [0.5, 0.6) is 0 Å². The van der Waals surface area contributed by atoms with Crippen molar-refractivity contribution in [2.75, 3.05) is 7.05 Å². The lowest BCUT2D eigenvalue weighted by atomic mass is 10.4. The third kappa shape index (κ3) is 2.29. The number of hydrogen-bond donors (Lipinski definition) is 1. The molecule has 0 fully saturated rings. The minimum absolute atomic E-state index is 0.157. The predicted octanol–water partition coefficient (Wildman–Crippen LogP) is 0.835. The van der Waals surface area contributed by atoms with Crippen LogP contribution in [0.1, 0.15) is 17.1 Å². The van der Waals surface area contributed by atoms with E-state index in [-0.39, 0.29) is 11.4 Å². The van der Waals surface area contributed by atoms with Gasteiger partial charge in [0, 0.05) is 13.1 Å². The minimum atomic E-state index is -3.56. The van der Waals surface area contributed by atoms with Crippen molar-refractivity contribution in [1.29, 1.82) is 0 Å². The monoisotopic (exact) mass is 270 g/mol. The molecule has 0 atom stereocenters. The fraction of sp³-hybridized carbons (Fsp3) is 0.400. The third-order valence-electron chi connectivity index (χ3n) is 2.53. The van der Waals surface area contributed by atoms with Crippen molar-refractivity contribution in [3.63, 3.8) is 0 Å². The SMILES string of the molecule is Cc1cc(CN(C)S(=O)(=O)c2cn[nH]c2C)no1. The molecule has 2 rings (SSSR count). The summed E-state index contributed by atoms with van der Waals surface area (Å²) in [6, 6.07) is 1.70. The average Bonchev–Trinajstić information content (AvgIpc) is 2.87. The minimum Gasteiger partial charge on any atom is -0.361 e. The summed E-state index contributed by atoms with van der Waals surface area (Å²) in [4.78, 5) is 0.171. The average molecular weight is 270 g/mol. The third-order valence-corrected chi connectivity index (χ3v) is 4.45. The molecule has 0 unspecified atom stereocenters. The number of aryl methyl sites for hydroxylation is 2. The Morgan fingerprint density at radius 1 is 1.44 bits per heavy atom. The van der Waals surface area contributed by atoms with Crippen LogP contribution in [0, 0.1) is 13.8 Å². The van der Waals surface area contributed by atoms with E-state index in [9.17, 15) is 8.42 Å². The van der Waals surface area contributed by atoms with E-state index >= 15 is 0 Å². The molecule has 1 N–H and O–H groups in total. The predicted molar refractivity (Wildman–Crippen MR) is 63.2 cm³/mol. The van der Waals surface area contributed by atoms with E-state index in [4.69, 9.17) is 4.52 Å². The molecule has 98 valence electrons. The van der Waals surface area contributed by atoms with Crippen LogP contribution in [0.15, 0.2) is 21.7 Å². The number of sulfonamides is 1. The molecule has 0 spiro atoms. The second-order valence-corrected chi connectivity index (χ2v) is 6.06. The highest BCUT2D eigenvalue weighted by Crippen LogP contribution is 2.18. The standard InChI is InChI=1S/C10H14N4O3S/c1-7-4-9(13-17-7)6-14(3)18(15,16)10-5-11-12-8(10)2/h4-5H,6H2,1-3H3,(H,11,12). The molecule has 0 bridgehead atoms. The molecule has 18 heavy (non-hydrogen) atoms. The number of nitrogens with zero attached hydrogens (tertiary/aromatic N) is 3. The largest absolute Gasteiger partial charge is 0.361 e. The first-order chi connectivity index (χ1) is 8.41. The summed E-state index contributed by atoms with van der Waals surface area (Å²) in [5, 5.41) is 10.1. The lowest BCUT2D eigenvalue weighted by Crippen LogP contribution is -2.26. The van der Waals surface area contributed by atoms with Gasteiger partial charge in [-0.1, -0.05) is 5.16 Å². The highest BCUT2D eigenvalue weighted by molar-refractivity contribution is 7.89. The Morgan fingerprint density at radius 3 is 2.67 bits per heavy atom. The maximum Gasteiger partial charge on any atom is 0.246 e. The number of hydrogen-bond acceptors (Lipinski definition) is 5. The summed E-state index contributed by atoms with van der Waals surface area (Å²) in [5.41, 5.74) is 1.08. The highest BCUT2D eigenvalue weighted by atomic mass is 32.2. The smallest absolute Gasteiger partial charge is 0.246 e. The first kappa shape index (κ1) is 12.8. The van der Waals surface area contributed by atoms with Gasteiger partial charge in [0.2, 0.25) is 10.0 Å². The molecule has 0 saturated heterocycles. The number of aromatic nitrogens is 3. The Bertz CT molecular complexity index is 644.